The minimum atomic E-state index is -1.11. The number of aliphatic carboxylic acids is 1. The summed E-state index contributed by atoms with van der Waals surface area (Å²) >= 11 is 6.17. The second-order valence-corrected chi connectivity index (χ2v) is 6.72. The van der Waals surface area contributed by atoms with Gasteiger partial charge in [-0.15, -0.1) is 0 Å². The molecule has 2 heterocycles. The fourth-order valence-electron chi connectivity index (χ4n) is 2.51. The highest BCUT2D eigenvalue weighted by Crippen LogP contribution is 2.34. The summed E-state index contributed by atoms with van der Waals surface area (Å²) in [6.07, 6.45) is 3.50. The van der Waals surface area contributed by atoms with Crippen LogP contribution < -0.4 is 0 Å². The molecule has 1 aliphatic rings. The molecular formula is C16H11N3O3S2. The van der Waals surface area contributed by atoms with E-state index in [-0.39, 0.29) is 10.9 Å². The predicted octanol–water partition coefficient (Wildman–Crippen LogP) is 2.45. The molecule has 1 aromatic heterocycles. The van der Waals surface area contributed by atoms with Crippen molar-refractivity contribution in [1.29, 1.82) is 5.26 Å². The van der Waals surface area contributed by atoms with E-state index < -0.39 is 18.4 Å². The highest BCUT2D eigenvalue weighted by atomic mass is 32.2. The zero-order valence-electron chi connectivity index (χ0n) is 12.3. The Balaban J connectivity index is 2.02. The summed E-state index contributed by atoms with van der Waals surface area (Å²) in [5.74, 6) is -1.53. The Labute approximate surface area is 147 Å². The predicted molar refractivity (Wildman–Crippen MR) is 95.1 cm³/mol. The van der Waals surface area contributed by atoms with Crippen molar-refractivity contribution in [2.45, 2.75) is 6.54 Å². The number of hydrogen-bond donors (Lipinski definition) is 1. The molecule has 0 unspecified atom stereocenters. The van der Waals surface area contributed by atoms with E-state index in [1.807, 2.05) is 24.3 Å². The van der Waals surface area contributed by atoms with Crippen molar-refractivity contribution in [3.63, 3.8) is 0 Å². The van der Waals surface area contributed by atoms with Crippen LogP contribution >= 0.6 is 24.0 Å². The standard InChI is InChI=1S/C16H11N3O3S2/c17-5-6-18-8-10(11-3-1-2-4-12(11)18)7-13-15(22)19(9-14(20)21)16(23)24-13/h1-4,7-8H,6,9H2,(H,20,21)/b13-7+. The highest BCUT2D eigenvalue weighted by Gasteiger charge is 2.33. The first-order valence-electron chi connectivity index (χ1n) is 6.93. The van der Waals surface area contributed by atoms with Crippen molar-refractivity contribution in [3.8, 4) is 6.07 Å². The number of nitriles is 1. The second kappa shape index (κ2) is 6.47. The Hall–Kier alpha value is -2.63. The van der Waals surface area contributed by atoms with E-state index in [0.29, 0.717) is 4.91 Å². The number of carboxylic acids is 1. The van der Waals surface area contributed by atoms with Crippen LogP contribution in [-0.2, 0) is 16.1 Å². The van der Waals surface area contributed by atoms with E-state index in [9.17, 15) is 9.59 Å². The molecule has 8 heteroatoms. The summed E-state index contributed by atoms with van der Waals surface area (Å²) in [5, 5.41) is 18.7. The molecule has 120 valence electrons. The van der Waals surface area contributed by atoms with Crippen molar-refractivity contribution in [1.82, 2.24) is 9.47 Å². The van der Waals surface area contributed by atoms with Gasteiger partial charge in [0.2, 0.25) is 0 Å². The zero-order chi connectivity index (χ0) is 17.3. The molecule has 1 amide bonds. The number of amides is 1. The first-order chi connectivity index (χ1) is 11.5. The van der Waals surface area contributed by atoms with E-state index in [1.54, 1.807) is 16.8 Å². The maximum Gasteiger partial charge on any atom is 0.323 e. The van der Waals surface area contributed by atoms with Gasteiger partial charge in [0.25, 0.3) is 5.91 Å². The minimum Gasteiger partial charge on any atom is -0.480 e. The summed E-state index contributed by atoms with van der Waals surface area (Å²) in [6, 6.07) is 9.68. The Kier molecular flexibility index (Phi) is 4.38. The lowest BCUT2D eigenvalue weighted by Gasteiger charge is -2.10. The molecule has 1 aliphatic heterocycles. The molecule has 3 rings (SSSR count). The molecule has 1 N–H and O–H groups in total. The SMILES string of the molecule is N#CCn1cc(/C=C2/SC(=S)N(CC(=O)O)C2=O)c2ccccc21. The number of hydrogen-bond acceptors (Lipinski definition) is 5. The number of aromatic nitrogens is 1. The van der Waals surface area contributed by atoms with E-state index >= 15 is 0 Å². The van der Waals surface area contributed by atoms with Gasteiger partial charge in [0.15, 0.2) is 0 Å². The Morgan fingerprint density at radius 3 is 2.88 bits per heavy atom. The van der Waals surface area contributed by atoms with E-state index in [0.717, 1.165) is 33.1 Å². The van der Waals surface area contributed by atoms with Crippen molar-refractivity contribution < 1.29 is 14.7 Å². The van der Waals surface area contributed by atoms with Crippen LogP contribution in [0.4, 0.5) is 0 Å². The number of benzene rings is 1. The van der Waals surface area contributed by atoms with E-state index in [4.69, 9.17) is 22.6 Å². The topological polar surface area (TPSA) is 86.3 Å². The van der Waals surface area contributed by atoms with Crippen molar-refractivity contribution in [2.75, 3.05) is 6.54 Å². The third-order valence-corrected chi connectivity index (χ3v) is 4.89. The third-order valence-electron chi connectivity index (χ3n) is 3.51. The Morgan fingerprint density at radius 1 is 1.42 bits per heavy atom. The van der Waals surface area contributed by atoms with Crippen LogP contribution in [-0.4, -0.2) is 37.3 Å². The molecule has 2 aromatic rings. The molecule has 0 radical (unpaired) electrons. The normalized spacial score (nSPS) is 16.1. The summed E-state index contributed by atoms with van der Waals surface area (Å²) in [7, 11) is 0. The third kappa shape index (κ3) is 2.91. The number of carbonyl (C=O) groups is 2. The quantitative estimate of drug-likeness (QED) is 0.668. The van der Waals surface area contributed by atoms with Gasteiger partial charge < -0.3 is 9.67 Å². The van der Waals surface area contributed by atoms with Gasteiger partial charge in [-0.3, -0.25) is 14.5 Å². The van der Waals surface area contributed by atoms with Gasteiger partial charge in [-0.1, -0.05) is 42.2 Å². The number of carboxylic acid groups (broad SMARTS) is 1. The molecule has 0 saturated carbocycles. The van der Waals surface area contributed by atoms with Gasteiger partial charge >= 0.3 is 5.97 Å². The second-order valence-electron chi connectivity index (χ2n) is 5.05. The number of carbonyl (C=O) groups excluding carboxylic acids is 1. The Bertz CT molecular complexity index is 940. The number of thiocarbonyl (C=S) groups is 1. The summed E-state index contributed by atoms with van der Waals surface area (Å²) < 4.78 is 2.04. The van der Waals surface area contributed by atoms with E-state index in [1.165, 1.54) is 0 Å². The molecular weight excluding hydrogens is 346 g/mol. The van der Waals surface area contributed by atoms with Gasteiger partial charge in [0.1, 0.15) is 17.4 Å². The number of rotatable bonds is 4. The van der Waals surface area contributed by atoms with Crippen LogP contribution in [0.15, 0.2) is 35.4 Å². The molecule has 6 nitrogen and oxygen atoms in total. The maximum absolute atomic E-state index is 12.4. The molecule has 0 atom stereocenters. The molecule has 1 aromatic carbocycles. The van der Waals surface area contributed by atoms with Crippen LogP contribution in [0.2, 0.25) is 0 Å². The van der Waals surface area contributed by atoms with Gasteiger partial charge in [-0.05, 0) is 12.1 Å². The largest absolute Gasteiger partial charge is 0.480 e. The lowest BCUT2D eigenvalue weighted by Crippen LogP contribution is -2.33. The lowest BCUT2D eigenvalue weighted by atomic mass is 10.1. The molecule has 24 heavy (non-hydrogen) atoms. The number of nitrogens with zero attached hydrogens (tertiary/aromatic N) is 3. The minimum absolute atomic E-state index is 0.203. The van der Waals surface area contributed by atoms with Gasteiger partial charge in [-0.2, -0.15) is 5.26 Å². The summed E-state index contributed by atoms with van der Waals surface area (Å²) in [4.78, 5) is 24.6. The number of fused-ring (bicyclic) bond motifs is 1. The van der Waals surface area contributed by atoms with Gasteiger partial charge in [-0.25, -0.2) is 0 Å². The van der Waals surface area contributed by atoms with Gasteiger partial charge in [0.05, 0.1) is 11.0 Å². The highest BCUT2D eigenvalue weighted by molar-refractivity contribution is 8.26. The maximum atomic E-state index is 12.4. The van der Waals surface area contributed by atoms with E-state index in [2.05, 4.69) is 6.07 Å². The van der Waals surface area contributed by atoms with Crippen molar-refractivity contribution in [2.24, 2.45) is 0 Å². The molecule has 1 saturated heterocycles. The van der Waals surface area contributed by atoms with Crippen molar-refractivity contribution >= 4 is 57.2 Å². The first kappa shape index (κ1) is 16.2. The van der Waals surface area contributed by atoms with Crippen LogP contribution in [0.3, 0.4) is 0 Å². The molecule has 0 bridgehead atoms. The van der Waals surface area contributed by atoms with Crippen LogP contribution in [0.25, 0.3) is 17.0 Å². The number of thioether (sulfide) groups is 1. The number of para-hydroxylation sites is 1. The average molecular weight is 357 g/mol. The fraction of sp³-hybridized carbons (Fsp3) is 0.125. The fourth-order valence-corrected chi connectivity index (χ4v) is 3.76. The smallest absolute Gasteiger partial charge is 0.323 e. The Morgan fingerprint density at radius 2 is 2.17 bits per heavy atom. The lowest BCUT2D eigenvalue weighted by molar-refractivity contribution is -0.140. The van der Waals surface area contributed by atoms with Crippen molar-refractivity contribution in [3.05, 3.63) is 40.9 Å². The molecule has 0 aliphatic carbocycles. The average Bonchev–Trinajstić information content (AvgIpc) is 3.01. The molecule has 1 fully saturated rings. The summed E-state index contributed by atoms with van der Waals surface area (Å²) in [6.45, 7) is -0.244. The summed E-state index contributed by atoms with van der Waals surface area (Å²) in [5.41, 5.74) is 1.68. The first-order valence-corrected chi connectivity index (χ1v) is 8.15. The molecule has 0 spiro atoms. The van der Waals surface area contributed by atoms with Crippen LogP contribution in [0.1, 0.15) is 5.56 Å². The monoisotopic (exact) mass is 357 g/mol. The van der Waals surface area contributed by atoms with Gasteiger partial charge in [0, 0.05) is 22.7 Å². The van der Waals surface area contributed by atoms with Crippen LogP contribution in [0, 0.1) is 11.3 Å². The zero-order valence-corrected chi connectivity index (χ0v) is 13.9. The van der Waals surface area contributed by atoms with Crippen LogP contribution in [0.5, 0.6) is 0 Å².